The Morgan fingerprint density at radius 3 is 1.93 bits per heavy atom. The van der Waals surface area contributed by atoms with Crippen molar-refractivity contribution in [1.29, 1.82) is 0 Å². The van der Waals surface area contributed by atoms with Crippen LogP contribution in [0.25, 0.3) is 0 Å². The standard InChI is InChI=1S/C25H26NO2P/c1-19(2)17-23(25(27)28)26-18-20-11-9-10-16-24(20)29(21-12-5-3-6-13-21)22-14-7-4-8-15-22/h3-16,18-19,23H,17H2,1-2H3,(H,27,28)/p-1/t23-/m0/s1. The van der Waals surface area contributed by atoms with Gasteiger partial charge in [-0.25, -0.2) is 0 Å². The van der Waals surface area contributed by atoms with Crippen LogP contribution < -0.4 is 21.0 Å². The van der Waals surface area contributed by atoms with Crippen LogP contribution in [-0.4, -0.2) is 18.2 Å². The van der Waals surface area contributed by atoms with Crippen molar-refractivity contribution in [3.05, 3.63) is 90.5 Å². The smallest absolute Gasteiger partial charge is 0.0895 e. The number of carbonyl (C=O) groups excluding carboxylic acids is 1. The summed E-state index contributed by atoms with van der Waals surface area (Å²) < 4.78 is 0. The lowest BCUT2D eigenvalue weighted by atomic mass is 10.0. The third kappa shape index (κ3) is 5.62. The Labute approximate surface area is 173 Å². The first-order chi connectivity index (χ1) is 14.1. The molecule has 0 aliphatic heterocycles. The Bertz CT molecular complexity index is 915. The van der Waals surface area contributed by atoms with Crippen molar-refractivity contribution in [3.8, 4) is 0 Å². The van der Waals surface area contributed by atoms with Crippen molar-refractivity contribution >= 4 is 36.0 Å². The first-order valence-corrected chi connectivity index (χ1v) is 11.1. The van der Waals surface area contributed by atoms with Gasteiger partial charge in [0, 0.05) is 11.8 Å². The van der Waals surface area contributed by atoms with Crippen molar-refractivity contribution in [1.82, 2.24) is 0 Å². The van der Waals surface area contributed by atoms with E-state index in [1.807, 2.05) is 44.2 Å². The predicted octanol–water partition coefficient (Wildman–Crippen LogP) is 3.03. The molecule has 3 aromatic rings. The Balaban J connectivity index is 2.05. The Kier molecular flexibility index (Phi) is 7.32. The SMILES string of the molecule is CC(C)C[C@H](N=Cc1ccccc1P(c1ccccc1)c1ccccc1)C(=O)[O-]. The molecular weight excluding hydrogens is 377 g/mol. The molecule has 148 valence electrons. The second-order valence-electron chi connectivity index (χ2n) is 7.31. The summed E-state index contributed by atoms with van der Waals surface area (Å²) in [5, 5.41) is 15.1. The monoisotopic (exact) mass is 402 g/mol. The van der Waals surface area contributed by atoms with Gasteiger partial charge in [0.05, 0.1) is 12.0 Å². The van der Waals surface area contributed by atoms with Crippen molar-refractivity contribution in [2.75, 3.05) is 0 Å². The minimum Gasteiger partial charge on any atom is -0.548 e. The molecule has 0 spiro atoms. The van der Waals surface area contributed by atoms with Crippen LogP contribution in [0.2, 0.25) is 0 Å². The number of nitrogens with zero attached hydrogens (tertiary/aromatic N) is 1. The first kappa shape index (κ1) is 21.0. The van der Waals surface area contributed by atoms with Gasteiger partial charge >= 0.3 is 0 Å². The zero-order chi connectivity index (χ0) is 20.6. The van der Waals surface area contributed by atoms with Crippen LogP contribution >= 0.6 is 7.92 Å². The van der Waals surface area contributed by atoms with E-state index in [0.717, 1.165) is 10.9 Å². The van der Waals surface area contributed by atoms with E-state index in [1.165, 1.54) is 10.6 Å². The van der Waals surface area contributed by atoms with Crippen LogP contribution in [0.4, 0.5) is 0 Å². The normalized spacial score (nSPS) is 12.6. The molecular formula is C25H25NO2P-. The molecule has 29 heavy (non-hydrogen) atoms. The molecule has 0 saturated carbocycles. The van der Waals surface area contributed by atoms with E-state index in [1.54, 1.807) is 6.21 Å². The van der Waals surface area contributed by atoms with E-state index < -0.39 is 19.9 Å². The lowest BCUT2D eigenvalue weighted by Crippen LogP contribution is -2.35. The fourth-order valence-corrected chi connectivity index (χ4v) is 5.64. The molecule has 3 nitrogen and oxygen atoms in total. The van der Waals surface area contributed by atoms with Crippen LogP contribution in [-0.2, 0) is 4.79 Å². The van der Waals surface area contributed by atoms with E-state index >= 15 is 0 Å². The molecule has 3 aromatic carbocycles. The summed E-state index contributed by atoms with van der Waals surface area (Å²) in [5.41, 5.74) is 0.946. The summed E-state index contributed by atoms with van der Waals surface area (Å²) in [7, 11) is -0.784. The van der Waals surface area contributed by atoms with Gasteiger partial charge in [0.2, 0.25) is 0 Å². The van der Waals surface area contributed by atoms with Gasteiger partial charge < -0.3 is 9.90 Å². The van der Waals surface area contributed by atoms with Crippen molar-refractivity contribution in [3.63, 3.8) is 0 Å². The minimum absolute atomic E-state index is 0.232. The molecule has 0 aromatic heterocycles. The number of rotatable bonds is 8. The van der Waals surface area contributed by atoms with Gasteiger partial charge in [0.25, 0.3) is 0 Å². The van der Waals surface area contributed by atoms with E-state index in [9.17, 15) is 9.90 Å². The van der Waals surface area contributed by atoms with Crippen LogP contribution in [0.15, 0.2) is 89.9 Å². The molecule has 0 radical (unpaired) electrons. The van der Waals surface area contributed by atoms with Crippen molar-refractivity contribution < 1.29 is 9.90 Å². The number of carbonyl (C=O) groups is 1. The maximum Gasteiger partial charge on any atom is 0.0895 e. The number of carboxylic acid groups (broad SMARTS) is 1. The average molecular weight is 402 g/mol. The van der Waals surface area contributed by atoms with E-state index in [4.69, 9.17) is 0 Å². The van der Waals surface area contributed by atoms with Crippen molar-refractivity contribution in [2.45, 2.75) is 26.3 Å². The number of carboxylic acids is 1. The molecule has 0 N–H and O–H groups in total. The van der Waals surface area contributed by atoms with Gasteiger partial charge in [-0.1, -0.05) is 98.8 Å². The molecule has 0 saturated heterocycles. The average Bonchev–Trinajstić information content (AvgIpc) is 2.73. The molecule has 0 heterocycles. The highest BCUT2D eigenvalue weighted by Gasteiger charge is 2.19. The highest BCUT2D eigenvalue weighted by Crippen LogP contribution is 2.33. The van der Waals surface area contributed by atoms with Crippen LogP contribution in [0.3, 0.4) is 0 Å². The predicted molar refractivity (Wildman–Crippen MR) is 121 cm³/mol. The summed E-state index contributed by atoms with van der Waals surface area (Å²) in [6.45, 7) is 3.98. The van der Waals surface area contributed by atoms with E-state index in [0.29, 0.717) is 6.42 Å². The summed E-state index contributed by atoms with van der Waals surface area (Å²) in [6, 6.07) is 28.1. The second-order valence-corrected chi connectivity index (χ2v) is 9.49. The van der Waals surface area contributed by atoms with Crippen LogP contribution in [0, 0.1) is 5.92 Å². The second kappa shape index (κ2) is 10.1. The highest BCUT2D eigenvalue weighted by atomic mass is 31.1. The third-order valence-electron chi connectivity index (χ3n) is 4.57. The molecule has 0 amide bonds. The minimum atomic E-state index is -1.12. The number of benzene rings is 3. The molecule has 1 atom stereocenters. The Morgan fingerprint density at radius 1 is 0.897 bits per heavy atom. The zero-order valence-electron chi connectivity index (χ0n) is 16.7. The zero-order valence-corrected chi connectivity index (χ0v) is 17.6. The largest absolute Gasteiger partial charge is 0.548 e. The molecule has 0 unspecified atom stereocenters. The summed E-state index contributed by atoms with van der Waals surface area (Å²) in [6.07, 6.45) is 2.17. The number of hydrogen-bond donors (Lipinski definition) is 0. The molecule has 0 aliphatic carbocycles. The van der Waals surface area contributed by atoms with Crippen LogP contribution in [0.1, 0.15) is 25.8 Å². The number of hydrogen-bond acceptors (Lipinski definition) is 3. The van der Waals surface area contributed by atoms with Gasteiger partial charge in [-0.2, -0.15) is 0 Å². The molecule has 0 aliphatic rings. The highest BCUT2D eigenvalue weighted by molar-refractivity contribution is 7.80. The maximum atomic E-state index is 11.5. The summed E-state index contributed by atoms with van der Waals surface area (Å²) in [5.74, 6) is -0.892. The van der Waals surface area contributed by atoms with Gasteiger partial charge in [-0.15, -0.1) is 0 Å². The van der Waals surface area contributed by atoms with E-state index in [-0.39, 0.29) is 5.92 Å². The molecule has 0 bridgehead atoms. The topological polar surface area (TPSA) is 52.5 Å². The fourth-order valence-electron chi connectivity index (χ4n) is 3.22. The summed E-state index contributed by atoms with van der Waals surface area (Å²) >= 11 is 0. The van der Waals surface area contributed by atoms with E-state index in [2.05, 4.69) is 59.6 Å². The van der Waals surface area contributed by atoms with Gasteiger partial charge in [-0.3, -0.25) is 4.99 Å². The van der Waals surface area contributed by atoms with Gasteiger partial charge in [-0.05, 0) is 36.2 Å². The lowest BCUT2D eigenvalue weighted by Gasteiger charge is -2.21. The molecule has 0 fully saturated rings. The molecule has 4 heteroatoms. The van der Waals surface area contributed by atoms with Gasteiger partial charge in [0.1, 0.15) is 0 Å². The lowest BCUT2D eigenvalue weighted by molar-refractivity contribution is -0.307. The van der Waals surface area contributed by atoms with Gasteiger partial charge in [0.15, 0.2) is 0 Å². The Hall–Kier alpha value is -2.77. The number of aliphatic carboxylic acids is 1. The maximum absolute atomic E-state index is 11.5. The van der Waals surface area contributed by atoms with Crippen molar-refractivity contribution in [2.24, 2.45) is 10.9 Å². The third-order valence-corrected chi connectivity index (χ3v) is 7.08. The van der Waals surface area contributed by atoms with Crippen LogP contribution in [0.5, 0.6) is 0 Å². The molecule has 3 rings (SSSR count). The number of aliphatic imine (C=N–C) groups is 1. The quantitative estimate of drug-likeness (QED) is 0.430. The Morgan fingerprint density at radius 2 is 1.41 bits per heavy atom. The first-order valence-electron chi connectivity index (χ1n) is 9.79. The summed E-state index contributed by atoms with van der Waals surface area (Å²) in [4.78, 5) is 15.9. The fraction of sp³-hybridized carbons (Fsp3) is 0.200.